The van der Waals surface area contributed by atoms with Gasteiger partial charge in [0.2, 0.25) is 0 Å². The van der Waals surface area contributed by atoms with E-state index in [0.717, 1.165) is 29.9 Å². The summed E-state index contributed by atoms with van der Waals surface area (Å²) in [6.07, 6.45) is 4.79. The van der Waals surface area contributed by atoms with Gasteiger partial charge >= 0.3 is 0 Å². The maximum absolute atomic E-state index is 4.80. The highest BCUT2D eigenvalue weighted by Crippen LogP contribution is 2.25. The highest BCUT2D eigenvalue weighted by atomic mass is 15.1. The van der Waals surface area contributed by atoms with Gasteiger partial charge in [0.25, 0.3) is 0 Å². The molecule has 3 nitrogen and oxygen atoms in total. The number of para-hydroxylation sites is 2. The summed E-state index contributed by atoms with van der Waals surface area (Å²) in [5.74, 6) is 1.72. The molecule has 3 heteroatoms. The van der Waals surface area contributed by atoms with E-state index in [0.29, 0.717) is 5.92 Å². The van der Waals surface area contributed by atoms with Crippen molar-refractivity contribution in [1.82, 2.24) is 14.5 Å². The van der Waals surface area contributed by atoms with E-state index in [2.05, 4.69) is 41.6 Å². The van der Waals surface area contributed by atoms with E-state index in [4.69, 9.17) is 4.98 Å². The van der Waals surface area contributed by atoms with Crippen molar-refractivity contribution in [1.29, 1.82) is 0 Å². The number of hydrogen-bond acceptors (Lipinski definition) is 2. The fraction of sp³-hybridized carbons (Fsp3) is 0.294. The summed E-state index contributed by atoms with van der Waals surface area (Å²) in [5.41, 5.74) is 3.39. The van der Waals surface area contributed by atoms with Gasteiger partial charge in [0.15, 0.2) is 0 Å². The second kappa shape index (κ2) is 5.45. The Bertz CT molecular complexity index is 699. The smallest absolute Gasteiger partial charge is 0.141 e. The first kappa shape index (κ1) is 12.9. The van der Waals surface area contributed by atoms with Crippen LogP contribution in [0.1, 0.15) is 20.3 Å². The highest BCUT2D eigenvalue weighted by Gasteiger charge is 2.12. The third-order valence-corrected chi connectivity index (χ3v) is 3.52. The molecular formula is C17H19N3. The topological polar surface area (TPSA) is 30.7 Å². The first-order chi connectivity index (χ1) is 9.75. The molecule has 0 aliphatic rings. The molecule has 1 aromatic carbocycles. The normalized spacial score (nSPS) is 11.3. The Balaban J connectivity index is 2.12. The van der Waals surface area contributed by atoms with Crippen LogP contribution in [0.5, 0.6) is 0 Å². The van der Waals surface area contributed by atoms with Crippen LogP contribution in [0.3, 0.4) is 0 Å². The van der Waals surface area contributed by atoms with Gasteiger partial charge in [0.05, 0.1) is 11.0 Å². The Labute approximate surface area is 119 Å². The molecule has 0 spiro atoms. The van der Waals surface area contributed by atoms with E-state index in [1.165, 1.54) is 5.52 Å². The van der Waals surface area contributed by atoms with Crippen LogP contribution < -0.4 is 0 Å². The summed E-state index contributed by atoms with van der Waals surface area (Å²) in [7, 11) is 0. The van der Waals surface area contributed by atoms with Crippen molar-refractivity contribution < 1.29 is 0 Å². The number of imidazole rings is 1. The summed E-state index contributed by atoms with van der Waals surface area (Å²) in [6.45, 7) is 5.51. The maximum atomic E-state index is 4.80. The lowest BCUT2D eigenvalue weighted by Gasteiger charge is -2.11. The second-order valence-corrected chi connectivity index (χ2v) is 5.49. The van der Waals surface area contributed by atoms with Gasteiger partial charge in [0.1, 0.15) is 5.82 Å². The van der Waals surface area contributed by atoms with Gasteiger partial charge in [-0.05, 0) is 36.6 Å². The average Bonchev–Trinajstić information content (AvgIpc) is 2.84. The zero-order chi connectivity index (χ0) is 13.9. The van der Waals surface area contributed by atoms with Crippen LogP contribution in [0.4, 0.5) is 0 Å². The molecule has 0 saturated carbocycles. The summed E-state index contributed by atoms with van der Waals surface area (Å²) < 4.78 is 2.32. The molecule has 0 unspecified atom stereocenters. The second-order valence-electron chi connectivity index (χ2n) is 5.49. The number of nitrogens with zero attached hydrogens (tertiary/aromatic N) is 3. The van der Waals surface area contributed by atoms with Crippen LogP contribution >= 0.6 is 0 Å². The minimum absolute atomic E-state index is 0.682. The molecular weight excluding hydrogens is 246 g/mol. The summed E-state index contributed by atoms with van der Waals surface area (Å²) in [6, 6.07) is 12.4. The molecule has 2 aromatic heterocycles. The fourth-order valence-electron chi connectivity index (χ4n) is 2.41. The van der Waals surface area contributed by atoms with Crippen LogP contribution in [0.15, 0.2) is 48.8 Å². The molecule has 0 aliphatic carbocycles. The lowest BCUT2D eigenvalue weighted by molar-refractivity contribution is 0.525. The molecule has 3 rings (SSSR count). The van der Waals surface area contributed by atoms with Crippen molar-refractivity contribution in [2.75, 3.05) is 0 Å². The van der Waals surface area contributed by atoms with Crippen molar-refractivity contribution >= 4 is 11.0 Å². The van der Waals surface area contributed by atoms with Gasteiger partial charge in [-0.15, -0.1) is 0 Å². The predicted molar refractivity (Wildman–Crippen MR) is 82.4 cm³/mol. The van der Waals surface area contributed by atoms with Crippen molar-refractivity contribution in [3.8, 4) is 11.4 Å². The third-order valence-electron chi connectivity index (χ3n) is 3.52. The fourth-order valence-corrected chi connectivity index (χ4v) is 2.41. The summed E-state index contributed by atoms with van der Waals surface area (Å²) in [4.78, 5) is 8.89. The molecule has 0 radical (unpaired) electrons. The molecule has 20 heavy (non-hydrogen) atoms. The molecule has 0 N–H and O–H groups in total. The van der Waals surface area contributed by atoms with E-state index in [1.54, 1.807) is 0 Å². The van der Waals surface area contributed by atoms with Crippen LogP contribution in [0.2, 0.25) is 0 Å². The van der Waals surface area contributed by atoms with Crippen molar-refractivity contribution in [3.63, 3.8) is 0 Å². The van der Waals surface area contributed by atoms with E-state index in [9.17, 15) is 0 Å². The van der Waals surface area contributed by atoms with Crippen LogP contribution in [0.25, 0.3) is 22.4 Å². The first-order valence-electron chi connectivity index (χ1n) is 7.11. The van der Waals surface area contributed by atoms with Gasteiger partial charge in [-0.1, -0.05) is 26.0 Å². The molecule has 0 atom stereocenters. The summed E-state index contributed by atoms with van der Waals surface area (Å²) in [5, 5.41) is 0. The van der Waals surface area contributed by atoms with E-state index in [-0.39, 0.29) is 0 Å². The van der Waals surface area contributed by atoms with Gasteiger partial charge in [-0.2, -0.15) is 0 Å². The Hall–Kier alpha value is -2.16. The predicted octanol–water partition coefficient (Wildman–Crippen LogP) is 4.14. The molecule has 0 aliphatic heterocycles. The Kier molecular flexibility index (Phi) is 3.50. The first-order valence-corrected chi connectivity index (χ1v) is 7.11. The SMILES string of the molecule is CC(C)CCn1c(-c2ccncc2)nc2ccccc21. The monoisotopic (exact) mass is 265 g/mol. The van der Waals surface area contributed by atoms with Crippen molar-refractivity contribution in [2.24, 2.45) is 5.92 Å². The minimum atomic E-state index is 0.682. The average molecular weight is 265 g/mol. The highest BCUT2D eigenvalue weighted by molar-refractivity contribution is 5.80. The van der Waals surface area contributed by atoms with Gasteiger partial charge < -0.3 is 4.57 Å². The van der Waals surface area contributed by atoms with E-state index < -0.39 is 0 Å². The van der Waals surface area contributed by atoms with Gasteiger partial charge in [-0.3, -0.25) is 4.98 Å². The maximum Gasteiger partial charge on any atom is 0.141 e. The Morgan fingerprint density at radius 2 is 1.80 bits per heavy atom. The molecule has 102 valence electrons. The van der Waals surface area contributed by atoms with Crippen molar-refractivity contribution in [2.45, 2.75) is 26.8 Å². The van der Waals surface area contributed by atoms with Gasteiger partial charge in [-0.25, -0.2) is 4.98 Å². The molecule has 0 fully saturated rings. The van der Waals surface area contributed by atoms with E-state index >= 15 is 0 Å². The van der Waals surface area contributed by atoms with Gasteiger partial charge in [0, 0.05) is 24.5 Å². The standard InChI is InChI=1S/C17H19N3/c1-13(2)9-12-20-16-6-4-3-5-15(16)19-17(20)14-7-10-18-11-8-14/h3-8,10-11,13H,9,12H2,1-2H3. The number of fused-ring (bicyclic) bond motifs is 1. The lowest BCUT2D eigenvalue weighted by atomic mass is 10.1. The lowest BCUT2D eigenvalue weighted by Crippen LogP contribution is -2.03. The molecule has 3 aromatic rings. The van der Waals surface area contributed by atoms with Crippen LogP contribution in [0, 0.1) is 5.92 Å². The molecule has 2 heterocycles. The Morgan fingerprint density at radius 3 is 2.55 bits per heavy atom. The number of aryl methyl sites for hydroxylation is 1. The zero-order valence-corrected chi connectivity index (χ0v) is 12.0. The van der Waals surface area contributed by atoms with Crippen LogP contribution in [-0.4, -0.2) is 14.5 Å². The quantitative estimate of drug-likeness (QED) is 0.709. The number of aromatic nitrogens is 3. The summed E-state index contributed by atoms with van der Waals surface area (Å²) >= 11 is 0. The van der Waals surface area contributed by atoms with Crippen LogP contribution in [-0.2, 0) is 6.54 Å². The number of pyridine rings is 1. The zero-order valence-electron chi connectivity index (χ0n) is 12.0. The minimum Gasteiger partial charge on any atom is -0.324 e. The van der Waals surface area contributed by atoms with E-state index in [1.807, 2.05) is 30.6 Å². The number of hydrogen-bond donors (Lipinski definition) is 0. The van der Waals surface area contributed by atoms with Crippen molar-refractivity contribution in [3.05, 3.63) is 48.8 Å². The number of rotatable bonds is 4. The molecule has 0 bridgehead atoms. The molecule has 0 amide bonds. The third kappa shape index (κ3) is 2.44. The molecule has 0 saturated heterocycles. The number of benzene rings is 1. The largest absolute Gasteiger partial charge is 0.324 e. The Morgan fingerprint density at radius 1 is 1.05 bits per heavy atom.